The van der Waals surface area contributed by atoms with E-state index in [1.54, 1.807) is 0 Å². The predicted molar refractivity (Wildman–Crippen MR) is 60.5 cm³/mol. The highest BCUT2D eigenvalue weighted by Crippen LogP contribution is 2.29. The van der Waals surface area contributed by atoms with Crippen LogP contribution in [0.4, 0.5) is 0 Å². The summed E-state index contributed by atoms with van der Waals surface area (Å²) in [5, 5.41) is 0. The first kappa shape index (κ1) is 12.6. The zero-order valence-corrected chi connectivity index (χ0v) is 9.69. The molecule has 0 nitrogen and oxygen atoms in total. The number of hydrogen-bond acceptors (Lipinski definition) is 0. The largest absolute Gasteiger partial charge is 0.107 e. The molecular weight excluding hydrogens is 156 g/mol. The van der Waals surface area contributed by atoms with Gasteiger partial charge in [-0.25, -0.2) is 0 Å². The molecule has 0 spiro atoms. The van der Waals surface area contributed by atoms with E-state index in [1.165, 1.54) is 32.1 Å². The first-order chi connectivity index (χ1) is 6.24. The topological polar surface area (TPSA) is 0 Å². The minimum Gasteiger partial charge on any atom is -0.107 e. The third kappa shape index (κ3) is 6.70. The molecule has 0 amide bonds. The maximum atomic E-state index is 2.68. The molecule has 1 rings (SSSR count). The molecule has 0 aromatic heterocycles. The van der Waals surface area contributed by atoms with Crippen LogP contribution < -0.4 is 0 Å². The fourth-order valence-electron chi connectivity index (χ4n) is 1.74. The Morgan fingerprint density at radius 1 is 1.00 bits per heavy atom. The Morgan fingerprint density at radius 2 is 1.46 bits per heavy atom. The van der Waals surface area contributed by atoms with Crippen LogP contribution in [0.25, 0.3) is 0 Å². The lowest BCUT2D eigenvalue weighted by Crippen LogP contribution is -2.10. The molecule has 0 heteroatoms. The van der Waals surface area contributed by atoms with Gasteiger partial charge in [0.1, 0.15) is 0 Å². The van der Waals surface area contributed by atoms with Gasteiger partial charge in [0.05, 0.1) is 0 Å². The normalized spacial score (nSPS) is 26.5. The quantitative estimate of drug-likeness (QED) is 0.529. The summed E-state index contributed by atoms with van der Waals surface area (Å²) in [6, 6.07) is 0. The molecule has 0 saturated heterocycles. The molecule has 1 saturated carbocycles. The van der Waals surface area contributed by atoms with Crippen LogP contribution in [0.5, 0.6) is 0 Å². The van der Waals surface area contributed by atoms with Crippen molar-refractivity contribution in [1.82, 2.24) is 0 Å². The van der Waals surface area contributed by atoms with E-state index in [4.69, 9.17) is 0 Å². The molecule has 0 heterocycles. The van der Waals surface area contributed by atoms with Crippen molar-refractivity contribution in [3.05, 3.63) is 0 Å². The molecule has 13 heavy (non-hydrogen) atoms. The number of hydrogen-bond donors (Lipinski definition) is 0. The van der Waals surface area contributed by atoms with E-state index >= 15 is 0 Å². The van der Waals surface area contributed by atoms with Crippen LogP contribution >= 0.6 is 0 Å². The van der Waals surface area contributed by atoms with E-state index < -0.39 is 0 Å². The maximum absolute atomic E-state index is 2.68. The number of rotatable bonds is 1. The van der Waals surface area contributed by atoms with E-state index in [0.717, 1.165) is 11.8 Å². The third-order valence-corrected chi connectivity index (χ3v) is 2.96. The molecule has 0 aromatic carbocycles. The molecule has 0 aliphatic heterocycles. The van der Waals surface area contributed by atoms with Crippen LogP contribution in [0.1, 0.15) is 59.8 Å². The molecule has 0 aromatic rings. The fraction of sp³-hybridized carbons (Fsp3) is 0.846. The highest BCUT2D eigenvalue weighted by molar-refractivity contribution is 4.89. The summed E-state index contributed by atoms with van der Waals surface area (Å²) in [6.45, 7) is 8.34. The van der Waals surface area contributed by atoms with Gasteiger partial charge in [0, 0.05) is 0 Å². The van der Waals surface area contributed by atoms with Gasteiger partial charge in [-0.2, -0.15) is 0 Å². The lowest BCUT2D eigenvalue weighted by atomic mass is 9.82. The lowest BCUT2D eigenvalue weighted by molar-refractivity contribution is 0.284. The van der Waals surface area contributed by atoms with Gasteiger partial charge >= 0.3 is 0 Å². The Balaban J connectivity index is 0.000000310. The van der Waals surface area contributed by atoms with Crippen molar-refractivity contribution in [1.29, 1.82) is 0 Å². The van der Waals surface area contributed by atoms with Crippen LogP contribution in [0.15, 0.2) is 0 Å². The van der Waals surface area contributed by atoms with Crippen LogP contribution in [-0.2, 0) is 0 Å². The van der Waals surface area contributed by atoms with Gasteiger partial charge in [0.2, 0.25) is 0 Å². The summed E-state index contributed by atoms with van der Waals surface area (Å²) in [6.07, 6.45) is 7.37. The van der Waals surface area contributed by atoms with Crippen molar-refractivity contribution in [3.8, 4) is 11.8 Å². The van der Waals surface area contributed by atoms with Gasteiger partial charge in [-0.1, -0.05) is 46.0 Å². The van der Waals surface area contributed by atoms with Crippen molar-refractivity contribution >= 4 is 0 Å². The summed E-state index contributed by atoms with van der Waals surface area (Å²) in [5.41, 5.74) is 0. The van der Waals surface area contributed by atoms with Crippen molar-refractivity contribution in [2.45, 2.75) is 59.8 Å². The highest BCUT2D eigenvalue weighted by atomic mass is 14.2. The molecule has 1 aliphatic rings. The van der Waals surface area contributed by atoms with Gasteiger partial charge in [-0.3, -0.25) is 0 Å². The second-order valence-electron chi connectivity index (χ2n) is 4.03. The second-order valence-corrected chi connectivity index (χ2v) is 4.03. The van der Waals surface area contributed by atoms with Crippen LogP contribution in [0, 0.1) is 23.7 Å². The Labute approximate surface area is 84.1 Å². The molecule has 76 valence electrons. The zero-order valence-electron chi connectivity index (χ0n) is 9.69. The summed E-state index contributed by atoms with van der Waals surface area (Å²) in [7, 11) is 0. The van der Waals surface area contributed by atoms with Crippen molar-refractivity contribution in [3.63, 3.8) is 0 Å². The molecule has 0 N–H and O–H groups in total. The maximum Gasteiger partial charge on any atom is -0.00271 e. The standard InChI is InChI=1S/C9H18.C4H6/c1-3-9-6-4-8(2)5-7-9;1-3-4-2/h8-9H,3-7H2,1-2H3;1-2H3. The highest BCUT2D eigenvalue weighted by Gasteiger charge is 2.15. The Kier molecular flexibility index (Phi) is 7.90. The minimum absolute atomic E-state index is 1.02. The summed E-state index contributed by atoms with van der Waals surface area (Å²) in [5.74, 6) is 7.45. The summed E-state index contributed by atoms with van der Waals surface area (Å²) >= 11 is 0. The molecule has 0 atom stereocenters. The van der Waals surface area contributed by atoms with E-state index in [-0.39, 0.29) is 0 Å². The zero-order chi connectivity index (χ0) is 10.1. The third-order valence-electron chi connectivity index (χ3n) is 2.96. The molecule has 0 unspecified atom stereocenters. The molecule has 1 aliphatic carbocycles. The van der Waals surface area contributed by atoms with Gasteiger partial charge < -0.3 is 0 Å². The smallest absolute Gasteiger partial charge is 0.00271 e. The second kappa shape index (κ2) is 8.17. The Hall–Kier alpha value is -0.440. The van der Waals surface area contributed by atoms with E-state index in [0.29, 0.717) is 0 Å². The summed E-state index contributed by atoms with van der Waals surface area (Å²) in [4.78, 5) is 0. The Bertz CT molecular complexity index is 145. The molecule has 0 bridgehead atoms. The molecule has 1 fully saturated rings. The van der Waals surface area contributed by atoms with E-state index in [2.05, 4.69) is 25.7 Å². The predicted octanol–water partition coefficient (Wildman–Crippen LogP) is 4.25. The van der Waals surface area contributed by atoms with Gasteiger partial charge in [-0.05, 0) is 25.7 Å². The van der Waals surface area contributed by atoms with Gasteiger partial charge in [-0.15, -0.1) is 11.8 Å². The molecule has 0 radical (unpaired) electrons. The SMILES string of the molecule is CC#CC.CCC1CCC(C)CC1. The fourth-order valence-corrected chi connectivity index (χ4v) is 1.74. The average Bonchev–Trinajstić information content (AvgIpc) is 2.19. The molecular formula is C13H24. The van der Waals surface area contributed by atoms with Crippen LogP contribution in [0.3, 0.4) is 0 Å². The lowest BCUT2D eigenvalue weighted by Gasteiger charge is -2.24. The van der Waals surface area contributed by atoms with Crippen molar-refractivity contribution < 1.29 is 0 Å². The first-order valence-electron chi connectivity index (χ1n) is 5.58. The van der Waals surface area contributed by atoms with Crippen molar-refractivity contribution in [2.75, 3.05) is 0 Å². The van der Waals surface area contributed by atoms with Crippen LogP contribution in [0.2, 0.25) is 0 Å². The average molecular weight is 180 g/mol. The minimum atomic E-state index is 1.02. The Morgan fingerprint density at radius 3 is 1.77 bits per heavy atom. The monoisotopic (exact) mass is 180 g/mol. The van der Waals surface area contributed by atoms with E-state index in [9.17, 15) is 0 Å². The van der Waals surface area contributed by atoms with Crippen molar-refractivity contribution in [2.24, 2.45) is 11.8 Å². The summed E-state index contributed by atoms with van der Waals surface area (Å²) < 4.78 is 0. The van der Waals surface area contributed by atoms with Gasteiger partial charge in [0.25, 0.3) is 0 Å². The van der Waals surface area contributed by atoms with Gasteiger partial charge in [0.15, 0.2) is 0 Å². The first-order valence-corrected chi connectivity index (χ1v) is 5.58. The van der Waals surface area contributed by atoms with E-state index in [1.807, 2.05) is 13.8 Å². The van der Waals surface area contributed by atoms with Crippen LogP contribution in [-0.4, -0.2) is 0 Å².